The molecular formula is C21H28N2O4S. The zero-order valence-corrected chi connectivity index (χ0v) is 17.6. The van der Waals surface area contributed by atoms with Gasteiger partial charge in [-0.05, 0) is 35.7 Å². The first kappa shape index (κ1) is 22.1. The largest absolute Gasteiger partial charge is 0.345 e. The highest BCUT2D eigenvalue weighted by atomic mass is 32.2. The van der Waals surface area contributed by atoms with E-state index in [1.165, 1.54) is 38.4 Å². The van der Waals surface area contributed by atoms with E-state index in [1.54, 1.807) is 0 Å². The lowest BCUT2D eigenvalue weighted by Gasteiger charge is -2.27. The van der Waals surface area contributed by atoms with Crippen LogP contribution < -0.4 is 5.32 Å². The fraction of sp³-hybridized carbons (Fsp3) is 0.381. The Morgan fingerprint density at radius 2 is 1.61 bits per heavy atom. The first-order valence-electron chi connectivity index (χ1n) is 9.34. The summed E-state index contributed by atoms with van der Waals surface area (Å²) in [5.74, 6) is 0.0751. The molecule has 28 heavy (non-hydrogen) atoms. The minimum atomic E-state index is -3.74. The maximum atomic E-state index is 12.8. The molecule has 2 rings (SSSR count). The third kappa shape index (κ3) is 4.98. The van der Waals surface area contributed by atoms with Gasteiger partial charge in [-0.2, -0.15) is 0 Å². The smallest absolute Gasteiger partial charge is 0.264 e. The van der Waals surface area contributed by atoms with Crippen molar-refractivity contribution in [1.82, 2.24) is 9.79 Å². The van der Waals surface area contributed by atoms with Crippen molar-refractivity contribution in [2.24, 2.45) is 5.92 Å². The first-order chi connectivity index (χ1) is 13.3. The molecule has 0 aliphatic rings. The molecule has 1 unspecified atom stereocenters. The number of nitrogens with one attached hydrogen (secondary N) is 1. The Balaban J connectivity index is 2.24. The van der Waals surface area contributed by atoms with Crippen LogP contribution >= 0.6 is 0 Å². The number of hydrogen-bond donors (Lipinski definition) is 1. The van der Waals surface area contributed by atoms with Crippen LogP contribution in [0.4, 0.5) is 0 Å². The van der Waals surface area contributed by atoms with Gasteiger partial charge in [0.05, 0.1) is 18.0 Å². The number of sulfonamides is 1. The lowest BCUT2D eigenvalue weighted by atomic mass is 9.88. The molecule has 1 atom stereocenters. The number of hydroxylamine groups is 1. The maximum Gasteiger partial charge on any atom is 0.264 e. The summed E-state index contributed by atoms with van der Waals surface area (Å²) in [5.41, 5.74) is 1.47. The number of hydrogen-bond acceptors (Lipinski definition) is 4. The Morgan fingerprint density at radius 3 is 2.11 bits per heavy atom. The lowest BCUT2D eigenvalue weighted by molar-refractivity contribution is -0.0258. The van der Waals surface area contributed by atoms with Crippen molar-refractivity contribution in [3.05, 3.63) is 65.7 Å². The van der Waals surface area contributed by atoms with E-state index in [4.69, 9.17) is 4.84 Å². The van der Waals surface area contributed by atoms with Gasteiger partial charge in [-0.1, -0.05) is 61.5 Å². The average Bonchev–Trinajstić information content (AvgIpc) is 2.73. The summed E-state index contributed by atoms with van der Waals surface area (Å²) in [6, 6.07) is 15.6. The number of nitrogens with zero attached hydrogens (tertiary/aromatic N) is 1. The van der Waals surface area contributed by atoms with E-state index in [-0.39, 0.29) is 16.8 Å². The molecule has 2 aromatic carbocycles. The van der Waals surface area contributed by atoms with E-state index in [0.29, 0.717) is 11.5 Å². The van der Waals surface area contributed by atoms with Crippen LogP contribution in [-0.2, 0) is 14.9 Å². The molecule has 6 nitrogen and oxygen atoms in total. The van der Waals surface area contributed by atoms with Crippen LogP contribution in [0.2, 0.25) is 0 Å². The zero-order valence-electron chi connectivity index (χ0n) is 16.8. The van der Waals surface area contributed by atoms with Gasteiger partial charge in [0.25, 0.3) is 15.9 Å². The summed E-state index contributed by atoms with van der Waals surface area (Å²) in [6.45, 7) is 4.23. The molecule has 152 valence electrons. The molecule has 0 saturated carbocycles. The van der Waals surface area contributed by atoms with Crippen LogP contribution in [0.15, 0.2) is 59.5 Å². The molecule has 0 aliphatic carbocycles. The minimum Gasteiger partial charge on any atom is -0.345 e. The van der Waals surface area contributed by atoms with Crippen molar-refractivity contribution in [3.63, 3.8) is 0 Å². The predicted octanol–water partition coefficient (Wildman–Crippen LogP) is 3.78. The fourth-order valence-corrected chi connectivity index (χ4v) is 4.12. The van der Waals surface area contributed by atoms with Gasteiger partial charge < -0.3 is 5.32 Å². The van der Waals surface area contributed by atoms with Crippen molar-refractivity contribution in [2.75, 3.05) is 14.2 Å². The summed E-state index contributed by atoms with van der Waals surface area (Å²) in [7, 11) is -1.15. The first-order valence-corrected chi connectivity index (χ1v) is 10.8. The van der Waals surface area contributed by atoms with Gasteiger partial charge in [0.1, 0.15) is 0 Å². The molecule has 2 aromatic rings. The van der Waals surface area contributed by atoms with Crippen molar-refractivity contribution in [1.29, 1.82) is 0 Å². The molecule has 0 heterocycles. The van der Waals surface area contributed by atoms with Gasteiger partial charge in [0.2, 0.25) is 0 Å². The zero-order chi connectivity index (χ0) is 20.7. The Labute approximate surface area is 167 Å². The predicted molar refractivity (Wildman–Crippen MR) is 109 cm³/mol. The molecule has 7 heteroatoms. The van der Waals surface area contributed by atoms with Gasteiger partial charge >= 0.3 is 0 Å². The Bertz CT molecular complexity index is 863. The van der Waals surface area contributed by atoms with E-state index in [1.807, 2.05) is 30.3 Å². The van der Waals surface area contributed by atoms with E-state index in [9.17, 15) is 13.2 Å². The van der Waals surface area contributed by atoms with Crippen LogP contribution in [0.25, 0.3) is 0 Å². The third-order valence-corrected chi connectivity index (χ3v) is 6.67. The second-order valence-electron chi connectivity index (χ2n) is 6.56. The molecule has 0 saturated heterocycles. The summed E-state index contributed by atoms with van der Waals surface area (Å²) < 4.78 is 25.3. The highest BCUT2D eigenvalue weighted by Crippen LogP contribution is 2.28. The monoisotopic (exact) mass is 404 g/mol. The van der Waals surface area contributed by atoms with Crippen LogP contribution in [0.1, 0.15) is 48.7 Å². The second-order valence-corrected chi connectivity index (χ2v) is 8.50. The summed E-state index contributed by atoms with van der Waals surface area (Å²) in [4.78, 5) is 17.6. The van der Waals surface area contributed by atoms with Crippen molar-refractivity contribution < 1.29 is 18.0 Å². The van der Waals surface area contributed by atoms with E-state index in [2.05, 4.69) is 19.2 Å². The summed E-state index contributed by atoms with van der Waals surface area (Å²) in [6.07, 6.45) is 1.88. The molecular weight excluding hydrogens is 376 g/mol. The molecule has 1 amide bonds. The highest BCUT2D eigenvalue weighted by Gasteiger charge is 2.24. The topological polar surface area (TPSA) is 75.7 Å². The van der Waals surface area contributed by atoms with Gasteiger partial charge in [0.15, 0.2) is 0 Å². The Morgan fingerprint density at radius 1 is 1.04 bits per heavy atom. The Kier molecular flexibility index (Phi) is 7.74. The van der Waals surface area contributed by atoms with Crippen LogP contribution in [-0.4, -0.2) is 33.0 Å². The normalized spacial score (nSPS) is 12.9. The van der Waals surface area contributed by atoms with Gasteiger partial charge in [-0.25, -0.2) is 8.42 Å². The molecule has 0 radical (unpaired) electrons. The fourth-order valence-electron chi connectivity index (χ4n) is 3.14. The molecule has 0 bridgehead atoms. The second kappa shape index (κ2) is 9.82. The van der Waals surface area contributed by atoms with E-state index in [0.717, 1.165) is 22.9 Å². The van der Waals surface area contributed by atoms with Gasteiger partial charge in [0, 0.05) is 12.6 Å². The van der Waals surface area contributed by atoms with Crippen LogP contribution in [0.5, 0.6) is 0 Å². The van der Waals surface area contributed by atoms with Crippen molar-refractivity contribution in [2.45, 2.75) is 37.6 Å². The van der Waals surface area contributed by atoms with Gasteiger partial charge in [-0.3, -0.25) is 9.63 Å². The number of amides is 1. The third-order valence-electron chi connectivity index (χ3n) is 4.98. The number of rotatable bonds is 9. The quantitative estimate of drug-likeness (QED) is 0.646. The number of carbonyl (C=O) groups excluding carboxylic acids is 1. The lowest BCUT2D eigenvalue weighted by Crippen LogP contribution is -2.33. The highest BCUT2D eigenvalue weighted by molar-refractivity contribution is 7.89. The summed E-state index contributed by atoms with van der Waals surface area (Å²) in [5, 5.41) is 3.12. The number of carbonyl (C=O) groups is 1. The van der Waals surface area contributed by atoms with Gasteiger partial charge in [-0.15, -0.1) is 0 Å². The maximum absolute atomic E-state index is 12.8. The summed E-state index contributed by atoms with van der Waals surface area (Å²) >= 11 is 0. The van der Waals surface area contributed by atoms with E-state index >= 15 is 0 Å². The minimum absolute atomic E-state index is 0.0630. The Hall–Kier alpha value is -2.22. The van der Waals surface area contributed by atoms with Crippen molar-refractivity contribution >= 4 is 15.9 Å². The molecule has 0 spiro atoms. The number of benzene rings is 2. The SMILES string of the molecule is CCC(CC)C(NC(=O)c1ccc(S(=O)(=O)N(C)OC)cc1)c1ccccc1. The van der Waals surface area contributed by atoms with E-state index < -0.39 is 10.0 Å². The molecule has 0 fully saturated rings. The standard InChI is InChI=1S/C21H28N2O4S/c1-5-16(6-2)20(17-10-8-7-9-11-17)22-21(24)18-12-14-19(15-13-18)28(25,26)23(3)27-4/h7-16,20H,5-6H2,1-4H3,(H,22,24). The molecule has 1 N–H and O–H groups in total. The van der Waals surface area contributed by atoms with Crippen molar-refractivity contribution in [3.8, 4) is 0 Å². The average molecular weight is 405 g/mol. The van der Waals surface area contributed by atoms with Crippen LogP contribution in [0, 0.1) is 5.92 Å². The molecule has 0 aliphatic heterocycles. The van der Waals surface area contributed by atoms with Crippen LogP contribution in [0.3, 0.4) is 0 Å². The molecule has 0 aromatic heterocycles.